The number of carbonyl (C=O) groups is 1. The molecule has 1 aliphatic rings. The van der Waals surface area contributed by atoms with Gasteiger partial charge in [-0.05, 0) is 36.5 Å². The molecule has 6 nitrogen and oxygen atoms in total. The molecule has 0 spiro atoms. The minimum Gasteiger partial charge on any atom is -0.393 e. The van der Waals surface area contributed by atoms with Crippen LogP contribution in [0.3, 0.4) is 0 Å². The summed E-state index contributed by atoms with van der Waals surface area (Å²) in [6, 6.07) is 6.73. The lowest BCUT2D eigenvalue weighted by atomic mass is 9.75. The number of benzene rings is 1. The predicted molar refractivity (Wildman–Crippen MR) is 84.5 cm³/mol. The molecule has 1 fully saturated rings. The Morgan fingerprint density at radius 2 is 2.09 bits per heavy atom. The van der Waals surface area contributed by atoms with E-state index >= 15 is 0 Å². The van der Waals surface area contributed by atoms with Crippen molar-refractivity contribution in [2.75, 3.05) is 0 Å². The molecule has 1 atom stereocenters. The maximum absolute atomic E-state index is 12.5. The van der Waals surface area contributed by atoms with Crippen LogP contribution in [0.15, 0.2) is 36.7 Å². The number of nitrogens with zero attached hydrogens (tertiary/aromatic N) is 2. The van der Waals surface area contributed by atoms with Gasteiger partial charge in [-0.25, -0.2) is 0 Å². The zero-order chi connectivity index (χ0) is 16.4. The average molecular weight is 315 g/mol. The van der Waals surface area contributed by atoms with Gasteiger partial charge in [0, 0.05) is 24.4 Å². The van der Waals surface area contributed by atoms with E-state index in [1.807, 2.05) is 13.2 Å². The largest absolute Gasteiger partial charge is 0.393 e. The fourth-order valence-electron chi connectivity index (χ4n) is 2.96. The number of aromatic nitrogens is 2. The SMILES string of the molecule is Cn1cc(C(NC(=O)c2ccc(CO)cc2)C2CC(O)C2)cn1. The Labute approximate surface area is 134 Å². The summed E-state index contributed by atoms with van der Waals surface area (Å²) in [7, 11) is 1.84. The molecule has 1 saturated carbocycles. The van der Waals surface area contributed by atoms with Crippen molar-refractivity contribution in [3.05, 3.63) is 53.3 Å². The van der Waals surface area contributed by atoms with Gasteiger partial charge in [0.15, 0.2) is 0 Å². The van der Waals surface area contributed by atoms with Crippen molar-refractivity contribution in [1.82, 2.24) is 15.1 Å². The number of hydrogen-bond acceptors (Lipinski definition) is 4. The van der Waals surface area contributed by atoms with Crippen LogP contribution >= 0.6 is 0 Å². The van der Waals surface area contributed by atoms with Crippen LogP contribution in [0.4, 0.5) is 0 Å². The summed E-state index contributed by atoms with van der Waals surface area (Å²) in [5.41, 5.74) is 2.27. The number of rotatable bonds is 5. The second-order valence-electron chi connectivity index (χ2n) is 6.14. The predicted octanol–water partition coefficient (Wildman–Crippen LogP) is 1.15. The number of aliphatic hydroxyl groups excluding tert-OH is 2. The summed E-state index contributed by atoms with van der Waals surface area (Å²) in [5, 5.41) is 25.9. The van der Waals surface area contributed by atoms with Crippen molar-refractivity contribution in [2.24, 2.45) is 13.0 Å². The first-order chi connectivity index (χ1) is 11.1. The molecule has 23 heavy (non-hydrogen) atoms. The highest BCUT2D eigenvalue weighted by Crippen LogP contribution is 2.38. The van der Waals surface area contributed by atoms with Gasteiger partial charge in [-0.2, -0.15) is 5.10 Å². The third kappa shape index (κ3) is 3.43. The monoisotopic (exact) mass is 315 g/mol. The third-order valence-corrected chi connectivity index (χ3v) is 4.39. The Balaban J connectivity index is 1.75. The molecule has 1 aromatic carbocycles. The van der Waals surface area contributed by atoms with E-state index in [0.717, 1.165) is 11.1 Å². The molecule has 0 saturated heterocycles. The number of nitrogens with one attached hydrogen (secondary N) is 1. The summed E-state index contributed by atoms with van der Waals surface area (Å²) in [4.78, 5) is 12.5. The van der Waals surface area contributed by atoms with E-state index in [0.29, 0.717) is 18.4 Å². The van der Waals surface area contributed by atoms with Crippen LogP contribution < -0.4 is 5.32 Å². The summed E-state index contributed by atoms with van der Waals surface area (Å²) in [5.74, 6) is 0.0552. The zero-order valence-corrected chi connectivity index (χ0v) is 13.0. The Bertz CT molecular complexity index is 675. The molecule has 1 unspecified atom stereocenters. The molecule has 1 aliphatic carbocycles. The number of amides is 1. The van der Waals surface area contributed by atoms with Crippen LogP contribution in [0.1, 0.15) is 40.4 Å². The first-order valence-corrected chi connectivity index (χ1v) is 7.74. The van der Waals surface area contributed by atoms with Gasteiger partial charge in [0.25, 0.3) is 5.91 Å². The maximum atomic E-state index is 12.5. The van der Waals surface area contributed by atoms with E-state index in [1.54, 1.807) is 35.1 Å². The summed E-state index contributed by atoms with van der Waals surface area (Å²) >= 11 is 0. The van der Waals surface area contributed by atoms with E-state index in [2.05, 4.69) is 10.4 Å². The minimum atomic E-state index is -0.278. The van der Waals surface area contributed by atoms with Crippen LogP contribution in [-0.2, 0) is 13.7 Å². The highest BCUT2D eigenvalue weighted by atomic mass is 16.3. The van der Waals surface area contributed by atoms with E-state index in [1.165, 1.54) is 0 Å². The summed E-state index contributed by atoms with van der Waals surface area (Å²) < 4.78 is 1.71. The maximum Gasteiger partial charge on any atom is 0.251 e. The molecule has 1 heterocycles. The normalized spacial score (nSPS) is 21.5. The van der Waals surface area contributed by atoms with Crippen molar-refractivity contribution in [3.63, 3.8) is 0 Å². The third-order valence-electron chi connectivity index (χ3n) is 4.39. The van der Waals surface area contributed by atoms with Crippen molar-refractivity contribution in [1.29, 1.82) is 0 Å². The molecule has 1 aromatic heterocycles. The van der Waals surface area contributed by atoms with Gasteiger partial charge < -0.3 is 15.5 Å². The molecule has 0 radical (unpaired) electrons. The molecular formula is C17H21N3O3. The lowest BCUT2D eigenvalue weighted by Crippen LogP contribution is -2.41. The van der Waals surface area contributed by atoms with E-state index < -0.39 is 0 Å². The van der Waals surface area contributed by atoms with E-state index in [9.17, 15) is 9.90 Å². The van der Waals surface area contributed by atoms with Gasteiger partial charge in [0.05, 0.1) is 24.9 Å². The van der Waals surface area contributed by atoms with Crippen LogP contribution in [0, 0.1) is 5.92 Å². The fraction of sp³-hybridized carbons (Fsp3) is 0.412. The minimum absolute atomic E-state index is 0.0415. The average Bonchev–Trinajstić information content (AvgIpc) is 2.96. The zero-order valence-electron chi connectivity index (χ0n) is 13.0. The van der Waals surface area contributed by atoms with Gasteiger partial charge in [-0.1, -0.05) is 12.1 Å². The molecule has 3 rings (SSSR count). The van der Waals surface area contributed by atoms with E-state index in [-0.39, 0.29) is 30.6 Å². The Hall–Kier alpha value is -2.18. The first kappa shape index (κ1) is 15.7. The number of hydrogen-bond donors (Lipinski definition) is 3. The summed E-state index contributed by atoms with van der Waals surface area (Å²) in [6.45, 7) is -0.0415. The van der Waals surface area contributed by atoms with Crippen LogP contribution in [0.2, 0.25) is 0 Å². The van der Waals surface area contributed by atoms with Gasteiger partial charge >= 0.3 is 0 Å². The second kappa shape index (κ2) is 6.52. The van der Waals surface area contributed by atoms with Gasteiger partial charge in [0.1, 0.15) is 0 Å². The van der Waals surface area contributed by atoms with Gasteiger partial charge in [0.2, 0.25) is 0 Å². The van der Waals surface area contributed by atoms with Gasteiger partial charge in [-0.3, -0.25) is 9.48 Å². The molecule has 1 amide bonds. The Morgan fingerprint density at radius 3 is 2.61 bits per heavy atom. The van der Waals surface area contributed by atoms with Crippen molar-refractivity contribution >= 4 is 5.91 Å². The lowest BCUT2D eigenvalue weighted by Gasteiger charge is -2.37. The molecule has 3 N–H and O–H groups in total. The smallest absolute Gasteiger partial charge is 0.251 e. The van der Waals surface area contributed by atoms with Crippen molar-refractivity contribution in [2.45, 2.75) is 31.6 Å². The Kier molecular flexibility index (Phi) is 4.45. The molecule has 0 bridgehead atoms. The fourth-order valence-corrected chi connectivity index (χ4v) is 2.96. The molecule has 6 heteroatoms. The molecule has 0 aliphatic heterocycles. The highest BCUT2D eigenvalue weighted by molar-refractivity contribution is 5.94. The summed E-state index contributed by atoms with van der Waals surface area (Å²) in [6.07, 6.45) is 4.74. The van der Waals surface area contributed by atoms with Crippen molar-refractivity contribution < 1.29 is 15.0 Å². The molecule has 122 valence electrons. The standard InChI is InChI=1S/C17H21N3O3/c1-20-9-14(8-18-20)16(13-6-15(22)7-13)19-17(23)12-4-2-11(10-21)3-5-12/h2-5,8-9,13,15-16,21-22H,6-7,10H2,1H3,(H,19,23). The van der Waals surface area contributed by atoms with Crippen LogP contribution in [0.25, 0.3) is 0 Å². The molecular weight excluding hydrogens is 294 g/mol. The quantitative estimate of drug-likeness (QED) is 0.772. The molecule has 2 aromatic rings. The number of aryl methyl sites for hydroxylation is 1. The number of aliphatic hydroxyl groups is 2. The topological polar surface area (TPSA) is 87.4 Å². The second-order valence-corrected chi connectivity index (χ2v) is 6.14. The lowest BCUT2D eigenvalue weighted by molar-refractivity contribution is 0.0235. The van der Waals surface area contributed by atoms with Crippen LogP contribution in [0.5, 0.6) is 0 Å². The number of carbonyl (C=O) groups excluding carboxylic acids is 1. The van der Waals surface area contributed by atoms with Gasteiger partial charge in [-0.15, -0.1) is 0 Å². The van der Waals surface area contributed by atoms with Crippen LogP contribution in [-0.4, -0.2) is 32.0 Å². The van der Waals surface area contributed by atoms with E-state index in [4.69, 9.17) is 5.11 Å². The first-order valence-electron chi connectivity index (χ1n) is 7.74. The Morgan fingerprint density at radius 1 is 1.39 bits per heavy atom. The highest BCUT2D eigenvalue weighted by Gasteiger charge is 2.36. The van der Waals surface area contributed by atoms with Crippen molar-refractivity contribution in [3.8, 4) is 0 Å².